The van der Waals surface area contributed by atoms with E-state index in [0.717, 1.165) is 5.56 Å². The van der Waals surface area contributed by atoms with Crippen molar-refractivity contribution in [2.45, 2.75) is 26.2 Å². The molecule has 0 fully saturated rings. The van der Waals surface area contributed by atoms with Crippen LogP contribution in [0.25, 0.3) is 0 Å². The van der Waals surface area contributed by atoms with E-state index >= 15 is 0 Å². The maximum atomic E-state index is 11.1. The predicted octanol–water partition coefficient (Wildman–Crippen LogP) is 3.26. The fraction of sp³-hybridized carbons (Fsp3) is 0.267. The van der Waals surface area contributed by atoms with Crippen molar-refractivity contribution >= 4 is 5.97 Å². The second kappa shape index (κ2) is 5.28. The van der Waals surface area contributed by atoms with Gasteiger partial charge in [-0.1, -0.05) is 39.0 Å². The molecule has 5 nitrogen and oxygen atoms in total. The molecule has 1 heterocycles. The molecular weight excluding hydrogens is 256 g/mol. The van der Waals surface area contributed by atoms with E-state index in [0.29, 0.717) is 5.75 Å². The van der Waals surface area contributed by atoms with Gasteiger partial charge in [-0.05, 0) is 11.5 Å². The van der Waals surface area contributed by atoms with E-state index in [9.17, 15) is 4.79 Å². The normalized spacial score (nSPS) is 11.2. The molecule has 0 bridgehead atoms. The smallest absolute Gasteiger partial charge is 0.360 e. The SMILES string of the molecule is CC(C)(C)c1ccccc1Oc1nccnc1C(=O)O. The van der Waals surface area contributed by atoms with E-state index in [4.69, 9.17) is 9.84 Å². The number of para-hydroxylation sites is 1. The van der Waals surface area contributed by atoms with E-state index in [1.54, 1.807) is 6.07 Å². The van der Waals surface area contributed by atoms with Crippen molar-refractivity contribution in [1.29, 1.82) is 0 Å². The molecule has 0 aliphatic rings. The third kappa shape index (κ3) is 2.93. The molecule has 2 rings (SSSR count). The summed E-state index contributed by atoms with van der Waals surface area (Å²) in [7, 11) is 0. The summed E-state index contributed by atoms with van der Waals surface area (Å²) in [6.45, 7) is 6.18. The van der Waals surface area contributed by atoms with Crippen molar-refractivity contribution in [2.75, 3.05) is 0 Å². The number of nitrogens with zero attached hydrogens (tertiary/aromatic N) is 2. The van der Waals surface area contributed by atoms with Crippen molar-refractivity contribution in [1.82, 2.24) is 9.97 Å². The van der Waals surface area contributed by atoms with Crippen LogP contribution in [0.1, 0.15) is 36.8 Å². The summed E-state index contributed by atoms with van der Waals surface area (Å²) in [5.41, 5.74) is 0.653. The molecule has 0 aliphatic carbocycles. The van der Waals surface area contributed by atoms with Gasteiger partial charge >= 0.3 is 5.97 Å². The van der Waals surface area contributed by atoms with Gasteiger partial charge in [-0.3, -0.25) is 0 Å². The van der Waals surface area contributed by atoms with Gasteiger partial charge in [0.05, 0.1) is 0 Å². The average Bonchev–Trinajstić information content (AvgIpc) is 2.38. The Kier molecular flexibility index (Phi) is 3.70. The molecule has 104 valence electrons. The Morgan fingerprint density at radius 2 is 1.80 bits per heavy atom. The first-order valence-corrected chi connectivity index (χ1v) is 6.21. The molecule has 1 aromatic carbocycles. The topological polar surface area (TPSA) is 72.3 Å². The molecule has 1 N–H and O–H groups in total. The summed E-state index contributed by atoms with van der Waals surface area (Å²) in [5, 5.41) is 9.09. The number of rotatable bonds is 3. The Labute approximate surface area is 117 Å². The van der Waals surface area contributed by atoms with Crippen molar-refractivity contribution < 1.29 is 14.6 Å². The van der Waals surface area contributed by atoms with E-state index in [2.05, 4.69) is 30.7 Å². The van der Waals surface area contributed by atoms with Crippen LogP contribution in [-0.4, -0.2) is 21.0 Å². The van der Waals surface area contributed by atoms with Crippen LogP contribution in [0.15, 0.2) is 36.7 Å². The lowest BCUT2D eigenvalue weighted by atomic mass is 9.86. The maximum absolute atomic E-state index is 11.1. The van der Waals surface area contributed by atoms with Crippen LogP contribution in [-0.2, 0) is 5.41 Å². The number of carboxylic acid groups (broad SMARTS) is 1. The van der Waals surface area contributed by atoms with Gasteiger partial charge in [-0.15, -0.1) is 0 Å². The molecule has 20 heavy (non-hydrogen) atoms. The molecule has 0 radical (unpaired) electrons. The largest absolute Gasteiger partial charge is 0.476 e. The number of carboxylic acids is 1. The lowest BCUT2D eigenvalue weighted by Gasteiger charge is -2.22. The molecule has 0 saturated carbocycles. The van der Waals surface area contributed by atoms with Gasteiger partial charge in [-0.25, -0.2) is 14.8 Å². The first kappa shape index (κ1) is 14.0. The van der Waals surface area contributed by atoms with Crippen LogP contribution in [0, 0.1) is 0 Å². The van der Waals surface area contributed by atoms with Crippen molar-refractivity contribution in [2.24, 2.45) is 0 Å². The highest BCUT2D eigenvalue weighted by Crippen LogP contribution is 2.33. The van der Waals surface area contributed by atoms with Crippen LogP contribution in [0.5, 0.6) is 11.6 Å². The quantitative estimate of drug-likeness (QED) is 0.928. The van der Waals surface area contributed by atoms with Gasteiger partial charge in [0.2, 0.25) is 5.69 Å². The van der Waals surface area contributed by atoms with E-state index in [-0.39, 0.29) is 17.0 Å². The van der Waals surface area contributed by atoms with E-state index in [1.807, 2.05) is 18.2 Å². The standard InChI is InChI=1S/C15H16N2O3/c1-15(2,3)10-6-4-5-7-11(10)20-13-12(14(18)19)16-8-9-17-13/h4-9H,1-3H3,(H,18,19). The predicted molar refractivity (Wildman–Crippen MR) is 74.2 cm³/mol. The number of benzene rings is 1. The minimum Gasteiger partial charge on any atom is -0.476 e. The van der Waals surface area contributed by atoms with Gasteiger partial charge in [0.15, 0.2) is 0 Å². The lowest BCUT2D eigenvalue weighted by molar-refractivity contribution is 0.0686. The molecule has 1 aromatic heterocycles. The summed E-state index contributed by atoms with van der Waals surface area (Å²) < 4.78 is 5.67. The van der Waals surface area contributed by atoms with Crippen LogP contribution in [0.3, 0.4) is 0 Å². The van der Waals surface area contributed by atoms with E-state index in [1.165, 1.54) is 12.4 Å². The van der Waals surface area contributed by atoms with Crippen molar-refractivity contribution in [3.8, 4) is 11.6 Å². The summed E-state index contributed by atoms with van der Waals surface area (Å²) in [6.07, 6.45) is 2.73. The Hall–Kier alpha value is -2.43. The summed E-state index contributed by atoms with van der Waals surface area (Å²) >= 11 is 0. The first-order valence-electron chi connectivity index (χ1n) is 6.21. The zero-order valence-electron chi connectivity index (χ0n) is 11.6. The first-order chi connectivity index (χ1) is 9.39. The number of aromatic nitrogens is 2. The second-order valence-electron chi connectivity index (χ2n) is 5.36. The van der Waals surface area contributed by atoms with Gasteiger partial charge in [0.1, 0.15) is 5.75 Å². The van der Waals surface area contributed by atoms with Gasteiger partial charge in [0.25, 0.3) is 5.88 Å². The highest BCUT2D eigenvalue weighted by atomic mass is 16.5. The number of hydrogen-bond acceptors (Lipinski definition) is 4. The minimum absolute atomic E-state index is 0.00306. The molecular formula is C15H16N2O3. The van der Waals surface area contributed by atoms with Crippen LogP contribution >= 0.6 is 0 Å². The molecule has 0 spiro atoms. The second-order valence-corrected chi connectivity index (χ2v) is 5.36. The molecule has 0 amide bonds. The Morgan fingerprint density at radius 3 is 2.45 bits per heavy atom. The Morgan fingerprint density at radius 1 is 1.15 bits per heavy atom. The fourth-order valence-corrected chi connectivity index (χ4v) is 1.83. The minimum atomic E-state index is -1.17. The molecule has 0 saturated heterocycles. The van der Waals surface area contributed by atoms with Crippen molar-refractivity contribution in [3.05, 3.63) is 47.9 Å². The molecule has 2 aromatic rings. The number of hydrogen-bond donors (Lipinski definition) is 1. The molecule has 0 unspecified atom stereocenters. The maximum Gasteiger partial charge on any atom is 0.360 e. The third-order valence-corrected chi connectivity index (χ3v) is 2.77. The van der Waals surface area contributed by atoms with E-state index < -0.39 is 5.97 Å². The molecule has 0 aliphatic heterocycles. The summed E-state index contributed by atoms with van der Waals surface area (Å²) in [5.74, 6) is -0.582. The Balaban J connectivity index is 2.44. The molecule has 5 heteroatoms. The van der Waals surface area contributed by atoms with Gasteiger partial charge < -0.3 is 9.84 Å². The zero-order chi connectivity index (χ0) is 14.8. The lowest BCUT2D eigenvalue weighted by Crippen LogP contribution is -2.13. The Bertz CT molecular complexity index is 633. The summed E-state index contributed by atoms with van der Waals surface area (Å²) in [4.78, 5) is 18.8. The molecule has 0 atom stereocenters. The van der Waals surface area contributed by atoms with Crippen LogP contribution in [0.2, 0.25) is 0 Å². The van der Waals surface area contributed by atoms with Crippen molar-refractivity contribution in [3.63, 3.8) is 0 Å². The number of carbonyl (C=O) groups is 1. The number of aromatic carboxylic acids is 1. The van der Waals surface area contributed by atoms with Gasteiger partial charge in [-0.2, -0.15) is 0 Å². The highest BCUT2D eigenvalue weighted by Gasteiger charge is 2.21. The summed E-state index contributed by atoms with van der Waals surface area (Å²) in [6, 6.07) is 7.50. The van der Waals surface area contributed by atoms with Crippen LogP contribution < -0.4 is 4.74 Å². The van der Waals surface area contributed by atoms with Crippen LogP contribution in [0.4, 0.5) is 0 Å². The fourth-order valence-electron chi connectivity index (χ4n) is 1.83. The average molecular weight is 272 g/mol. The third-order valence-electron chi connectivity index (χ3n) is 2.77. The van der Waals surface area contributed by atoms with Gasteiger partial charge in [0, 0.05) is 18.0 Å². The monoisotopic (exact) mass is 272 g/mol. The zero-order valence-corrected chi connectivity index (χ0v) is 11.6. The highest BCUT2D eigenvalue weighted by molar-refractivity contribution is 5.87. The number of ether oxygens (including phenoxy) is 1.